The van der Waals surface area contributed by atoms with Crippen LogP contribution in [-0.4, -0.2) is 37.7 Å². The van der Waals surface area contributed by atoms with Gasteiger partial charge in [-0.05, 0) is 36.4 Å². The van der Waals surface area contributed by atoms with Crippen molar-refractivity contribution in [2.24, 2.45) is 0 Å². The summed E-state index contributed by atoms with van der Waals surface area (Å²) in [6, 6.07) is 12.0. The highest BCUT2D eigenvalue weighted by atomic mass is 32.2. The standard InChI is InChI=1S/C19H22N2O5S/c1-4-21(5-2)27(24,25)18-11-9-15(10-12-18)19(23)26-17-8-6-7-16(13-17)20-14(3)22/h6-13H,4-5H2,1-3H3,(H,20,22). The predicted molar refractivity (Wildman–Crippen MR) is 102 cm³/mol. The summed E-state index contributed by atoms with van der Waals surface area (Å²) >= 11 is 0. The maximum atomic E-state index is 12.5. The first-order valence-corrected chi connectivity index (χ1v) is 9.92. The van der Waals surface area contributed by atoms with Gasteiger partial charge in [-0.15, -0.1) is 0 Å². The lowest BCUT2D eigenvalue weighted by Crippen LogP contribution is -2.30. The fourth-order valence-corrected chi connectivity index (χ4v) is 3.94. The van der Waals surface area contributed by atoms with E-state index in [0.717, 1.165) is 0 Å². The molecule has 0 heterocycles. The lowest BCUT2D eigenvalue weighted by atomic mass is 10.2. The van der Waals surface area contributed by atoms with Crippen LogP contribution < -0.4 is 10.1 Å². The van der Waals surface area contributed by atoms with Crippen LogP contribution in [0.3, 0.4) is 0 Å². The number of amides is 1. The number of esters is 1. The molecule has 27 heavy (non-hydrogen) atoms. The van der Waals surface area contributed by atoms with Crippen molar-refractivity contribution in [1.82, 2.24) is 4.31 Å². The Hall–Kier alpha value is -2.71. The second-order valence-electron chi connectivity index (χ2n) is 5.71. The third kappa shape index (κ3) is 5.15. The number of hydrogen-bond acceptors (Lipinski definition) is 5. The van der Waals surface area contributed by atoms with Crippen LogP contribution in [0.25, 0.3) is 0 Å². The van der Waals surface area contributed by atoms with Crippen molar-refractivity contribution in [3.05, 3.63) is 54.1 Å². The van der Waals surface area contributed by atoms with Crippen molar-refractivity contribution >= 4 is 27.6 Å². The molecule has 2 aromatic carbocycles. The summed E-state index contributed by atoms with van der Waals surface area (Å²) in [6.07, 6.45) is 0. The lowest BCUT2D eigenvalue weighted by molar-refractivity contribution is -0.114. The van der Waals surface area contributed by atoms with Crippen LogP contribution >= 0.6 is 0 Å². The van der Waals surface area contributed by atoms with Crippen molar-refractivity contribution in [1.29, 1.82) is 0 Å². The molecule has 0 fully saturated rings. The normalized spacial score (nSPS) is 11.3. The summed E-state index contributed by atoms with van der Waals surface area (Å²) in [5.41, 5.74) is 0.729. The predicted octanol–water partition coefficient (Wildman–Crippen LogP) is 2.89. The zero-order valence-corrected chi connectivity index (χ0v) is 16.2. The minimum absolute atomic E-state index is 0.121. The number of benzene rings is 2. The number of carbonyl (C=O) groups is 2. The molecule has 0 aliphatic carbocycles. The Morgan fingerprint density at radius 3 is 2.22 bits per heavy atom. The molecule has 0 radical (unpaired) electrons. The van der Waals surface area contributed by atoms with Crippen molar-refractivity contribution in [3.8, 4) is 5.75 Å². The van der Waals surface area contributed by atoms with E-state index in [9.17, 15) is 18.0 Å². The van der Waals surface area contributed by atoms with Crippen LogP contribution in [0.1, 0.15) is 31.1 Å². The van der Waals surface area contributed by atoms with Gasteiger partial charge in [-0.2, -0.15) is 4.31 Å². The number of anilines is 1. The number of hydrogen-bond donors (Lipinski definition) is 1. The summed E-state index contributed by atoms with van der Waals surface area (Å²) in [4.78, 5) is 23.5. The molecule has 0 aliphatic rings. The molecule has 2 rings (SSSR count). The fourth-order valence-electron chi connectivity index (χ4n) is 2.48. The van der Waals surface area contributed by atoms with Crippen molar-refractivity contribution in [2.45, 2.75) is 25.7 Å². The highest BCUT2D eigenvalue weighted by molar-refractivity contribution is 7.89. The molecule has 1 N–H and O–H groups in total. The Kier molecular flexibility index (Phi) is 6.70. The highest BCUT2D eigenvalue weighted by Gasteiger charge is 2.22. The van der Waals surface area contributed by atoms with Gasteiger partial charge in [0.2, 0.25) is 15.9 Å². The molecule has 0 bridgehead atoms. The molecule has 7 nitrogen and oxygen atoms in total. The van der Waals surface area contributed by atoms with E-state index in [-0.39, 0.29) is 22.1 Å². The van der Waals surface area contributed by atoms with Crippen LogP contribution in [0.5, 0.6) is 5.75 Å². The average molecular weight is 390 g/mol. The van der Waals surface area contributed by atoms with Crippen LogP contribution in [0.2, 0.25) is 0 Å². The summed E-state index contributed by atoms with van der Waals surface area (Å²) in [5.74, 6) is -0.587. The zero-order chi connectivity index (χ0) is 20.0. The second kappa shape index (κ2) is 8.79. The summed E-state index contributed by atoms with van der Waals surface area (Å²) < 4.78 is 31.6. The van der Waals surface area contributed by atoms with Gasteiger partial charge in [0.15, 0.2) is 0 Å². The second-order valence-corrected chi connectivity index (χ2v) is 7.65. The molecule has 0 unspecified atom stereocenters. The largest absolute Gasteiger partial charge is 0.423 e. The molecule has 0 aromatic heterocycles. The van der Waals surface area contributed by atoms with E-state index in [1.807, 2.05) is 0 Å². The van der Waals surface area contributed by atoms with Gasteiger partial charge in [-0.25, -0.2) is 13.2 Å². The Labute approximate surface area is 159 Å². The number of sulfonamides is 1. The van der Waals surface area contributed by atoms with Gasteiger partial charge in [0.05, 0.1) is 10.5 Å². The molecule has 0 saturated carbocycles. The van der Waals surface area contributed by atoms with Crippen LogP contribution in [0.4, 0.5) is 5.69 Å². The number of rotatable bonds is 7. The Morgan fingerprint density at radius 1 is 1.04 bits per heavy atom. The topological polar surface area (TPSA) is 92.8 Å². The molecule has 0 saturated heterocycles. The lowest BCUT2D eigenvalue weighted by Gasteiger charge is -2.18. The first-order chi connectivity index (χ1) is 12.8. The van der Waals surface area contributed by atoms with E-state index >= 15 is 0 Å². The highest BCUT2D eigenvalue weighted by Crippen LogP contribution is 2.20. The first-order valence-electron chi connectivity index (χ1n) is 8.48. The third-order valence-electron chi connectivity index (χ3n) is 3.80. The van der Waals surface area contributed by atoms with Gasteiger partial charge in [0, 0.05) is 31.8 Å². The van der Waals surface area contributed by atoms with Crippen LogP contribution in [0.15, 0.2) is 53.4 Å². The Morgan fingerprint density at radius 2 is 1.67 bits per heavy atom. The van der Waals surface area contributed by atoms with Crippen molar-refractivity contribution < 1.29 is 22.7 Å². The molecular formula is C19H22N2O5S. The number of nitrogens with one attached hydrogen (secondary N) is 1. The first kappa shape index (κ1) is 20.6. The maximum absolute atomic E-state index is 12.5. The van der Waals surface area contributed by atoms with E-state index in [4.69, 9.17) is 4.74 Å². The SMILES string of the molecule is CCN(CC)S(=O)(=O)c1ccc(C(=O)Oc2cccc(NC(C)=O)c2)cc1. The molecule has 2 aromatic rings. The Balaban J connectivity index is 2.15. The monoisotopic (exact) mass is 390 g/mol. The van der Waals surface area contributed by atoms with E-state index in [1.54, 1.807) is 32.0 Å². The molecule has 8 heteroatoms. The van der Waals surface area contributed by atoms with E-state index in [1.165, 1.54) is 41.6 Å². The fraction of sp³-hybridized carbons (Fsp3) is 0.263. The van der Waals surface area contributed by atoms with Crippen LogP contribution in [0, 0.1) is 0 Å². The number of ether oxygens (including phenoxy) is 1. The summed E-state index contributed by atoms with van der Waals surface area (Å²) in [5, 5.41) is 2.60. The molecule has 144 valence electrons. The van der Waals surface area contributed by atoms with E-state index in [0.29, 0.717) is 18.8 Å². The summed E-state index contributed by atoms with van der Waals surface area (Å²) in [7, 11) is -3.58. The molecular weight excluding hydrogens is 368 g/mol. The molecule has 0 aliphatic heterocycles. The van der Waals surface area contributed by atoms with E-state index in [2.05, 4.69) is 5.32 Å². The maximum Gasteiger partial charge on any atom is 0.343 e. The van der Waals surface area contributed by atoms with Gasteiger partial charge in [-0.3, -0.25) is 4.79 Å². The summed E-state index contributed by atoms with van der Waals surface area (Å²) in [6.45, 7) is 5.65. The molecule has 0 atom stereocenters. The number of carbonyl (C=O) groups excluding carboxylic acids is 2. The quantitative estimate of drug-likeness (QED) is 0.580. The van der Waals surface area contributed by atoms with Gasteiger partial charge in [0.25, 0.3) is 0 Å². The molecule has 1 amide bonds. The third-order valence-corrected chi connectivity index (χ3v) is 5.86. The van der Waals surface area contributed by atoms with E-state index < -0.39 is 16.0 Å². The van der Waals surface area contributed by atoms with Gasteiger partial charge < -0.3 is 10.1 Å². The van der Waals surface area contributed by atoms with Gasteiger partial charge in [-0.1, -0.05) is 19.9 Å². The van der Waals surface area contributed by atoms with Crippen LogP contribution in [-0.2, 0) is 14.8 Å². The Bertz CT molecular complexity index is 919. The van der Waals surface area contributed by atoms with Gasteiger partial charge in [0.1, 0.15) is 5.75 Å². The minimum Gasteiger partial charge on any atom is -0.423 e. The zero-order valence-electron chi connectivity index (χ0n) is 15.4. The van der Waals surface area contributed by atoms with Crippen molar-refractivity contribution in [3.63, 3.8) is 0 Å². The molecule has 0 spiro atoms. The van der Waals surface area contributed by atoms with Gasteiger partial charge >= 0.3 is 5.97 Å². The average Bonchev–Trinajstić information content (AvgIpc) is 2.62. The smallest absolute Gasteiger partial charge is 0.343 e. The minimum atomic E-state index is -3.58. The van der Waals surface area contributed by atoms with Crippen molar-refractivity contribution in [2.75, 3.05) is 18.4 Å². The number of nitrogens with zero attached hydrogens (tertiary/aromatic N) is 1.